The van der Waals surface area contributed by atoms with Gasteiger partial charge in [-0.25, -0.2) is 0 Å². The van der Waals surface area contributed by atoms with Gasteiger partial charge in [-0.2, -0.15) is 0 Å². The van der Waals surface area contributed by atoms with Crippen LogP contribution in [0.2, 0.25) is 0 Å². The Balaban J connectivity index is 1.98. The molecule has 1 saturated heterocycles. The second kappa shape index (κ2) is 2.10. The Kier molecular flexibility index (Phi) is 1.31. The van der Waals surface area contributed by atoms with Crippen LogP contribution in [0.15, 0.2) is 12.7 Å². The van der Waals surface area contributed by atoms with E-state index in [2.05, 4.69) is 6.58 Å². The molecule has 11 heavy (non-hydrogen) atoms. The van der Waals surface area contributed by atoms with Gasteiger partial charge in [-0.05, 0) is 30.8 Å². The molecule has 0 aromatic rings. The van der Waals surface area contributed by atoms with Crippen molar-refractivity contribution in [1.82, 2.24) is 4.90 Å². The molecule has 0 N–H and O–H groups in total. The van der Waals surface area contributed by atoms with E-state index in [-0.39, 0.29) is 5.91 Å². The third-order valence-corrected chi connectivity index (χ3v) is 2.88. The summed E-state index contributed by atoms with van der Waals surface area (Å²) in [6.07, 6.45) is 5.29. The summed E-state index contributed by atoms with van der Waals surface area (Å²) in [7, 11) is 0. The monoisotopic (exact) mass is 151 g/mol. The van der Waals surface area contributed by atoms with E-state index in [0.29, 0.717) is 5.41 Å². The number of nitrogens with zero attached hydrogens (tertiary/aromatic N) is 1. The van der Waals surface area contributed by atoms with Crippen LogP contribution in [0, 0.1) is 5.41 Å². The van der Waals surface area contributed by atoms with Crippen molar-refractivity contribution in [3.8, 4) is 0 Å². The zero-order valence-electron chi connectivity index (χ0n) is 6.68. The highest BCUT2D eigenvalue weighted by Gasteiger charge is 2.48. The Hall–Kier alpha value is -0.790. The third-order valence-electron chi connectivity index (χ3n) is 2.88. The summed E-state index contributed by atoms with van der Waals surface area (Å²) in [5.41, 5.74) is 0.554. The lowest BCUT2D eigenvalue weighted by molar-refractivity contribution is -0.125. The topological polar surface area (TPSA) is 20.3 Å². The minimum absolute atomic E-state index is 0.105. The summed E-state index contributed by atoms with van der Waals surface area (Å²) < 4.78 is 0. The van der Waals surface area contributed by atoms with Gasteiger partial charge in [0.25, 0.3) is 0 Å². The largest absolute Gasteiger partial charge is 0.339 e. The van der Waals surface area contributed by atoms with Gasteiger partial charge < -0.3 is 4.90 Å². The van der Waals surface area contributed by atoms with Gasteiger partial charge in [0.15, 0.2) is 0 Å². The number of carbonyl (C=O) groups excluding carboxylic acids is 1. The smallest absolute Gasteiger partial charge is 0.245 e. The van der Waals surface area contributed by atoms with Crippen molar-refractivity contribution in [2.45, 2.75) is 19.3 Å². The van der Waals surface area contributed by atoms with Crippen molar-refractivity contribution < 1.29 is 4.79 Å². The lowest BCUT2D eigenvalue weighted by Gasteiger charge is -2.12. The van der Waals surface area contributed by atoms with Gasteiger partial charge >= 0.3 is 0 Å². The van der Waals surface area contributed by atoms with E-state index in [9.17, 15) is 4.79 Å². The quantitative estimate of drug-likeness (QED) is 0.515. The molecular formula is C9H13NO. The number of hydrogen-bond acceptors (Lipinski definition) is 1. The van der Waals surface area contributed by atoms with Crippen LogP contribution >= 0.6 is 0 Å². The fourth-order valence-corrected chi connectivity index (χ4v) is 1.84. The Labute approximate surface area is 66.9 Å². The van der Waals surface area contributed by atoms with Crippen molar-refractivity contribution in [2.75, 3.05) is 13.1 Å². The number of likely N-dealkylation sites (tertiary alicyclic amines) is 1. The van der Waals surface area contributed by atoms with Crippen LogP contribution in [0.5, 0.6) is 0 Å². The first-order valence-electron chi connectivity index (χ1n) is 4.17. The fraction of sp³-hybridized carbons (Fsp3) is 0.667. The van der Waals surface area contributed by atoms with E-state index in [1.165, 1.54) is 25.3 Å². The first-order valence-corrected chi connectivity index (χ1v) is 4.17. The highest BCUT2D eigenvalue weighted by atomic mass is 16.2. The van der Waals surface area contributed by atoms with Crippen molar-refractivity contribution in [1.29, 1.82) is 0 Å². The molecule has 0 aromatic carbocycles. The molecule has 0 unspecified atom stereocenters. The predicted octanol–water partition coefficient (Wildman–Crippen LogP) is 1.18. The molecule has 1 aliphatic heterocycles. The minimum atomic E-state index is 0.105. The molecule has 2 rings (SSSR count). The summed E-state index contributed by atoms with van der Waals surface area (Å²) in [6, 6.07) is 0. The summed E-state index contributed by atoms with van der Waals surface area (Å²) in [4.78, 5) is 13.1. The zero-order valence-corrected chi connectivity index (χ0v) is 6.68. The Morgan fingerprint density at radius 2 is 2.18 bits per heavy atom. The average molecular weight is 151 g/mol. The molecule has 1 aliphatic carbocycles. The van der Waals surface area contributed by atoms with Crippen LogP contribution in [0.3, 0.4) is 0 Å². The van der Waals surface area contributed by atoms with Gasteiger partial charge in [-0.3, -0.25) is 4.79 Å². The molecule has 1 amide bonds. The average Bonchev–Trinajstić information content (AvgIpc) is 2.61. The lowest BCUT2D eigenvalue weighted by Crippen LogP contribution is -2.26. The van der Waals surface area contributed by atoms with E-state index in [1.54, 1.807) is 0 Å². The van der Waals surface area contributed by atoms with Gasteiger partial charge in [-0.15, -0.1) is 0 Å². The van der Waals surface area contributed by atoms with Crippen molar-refractivity contribution >= 4 is 5.91 Å². The van der Waals surface area contributed by atoms with Gasteiger partial charge in [-0.1, -0.05) is 6.58 Å². The Bertz CT molecular complexity index is 206. The van der Waals surface area contributed by atoms with E-state index >= 15 is 0 Å². The molecule has 2 heteroatoms. The normalized spacial score (nSPS) is 25.6. The summed E-state index contributed by atoms with van der Waals surface area (Å²) in [5.74, 6) is 0.105. The third kappa shape index (κ3) is 1.06. The van der Waals surface area contributed by atoms with Gasteiger partial charge in [0.05, 0.1) is 0 Å². The molecule has 0 bridgehead atoms. The van der Waals surface area contributed by atoms with Crippen molar-refractivity contribution in [3.63, 3.8) is 0 Å². The molecule has 0 radical (unpaired) electrons. The first-order chi connectivity index (χ1) is 5.26. The highest BCUT2D eigenvalue weighted by molar-refractivity contribution is 5.87. The molecule has 0 atom stereocenters. The van der Waals surface area contributed by atoms with Crippen LogP contribution in [-0.4, -0.2) is 23.9 Å². The molecule has 60 valence electrons. The van der Waals surface area contributed by atoms with Crippen LogP contribution in [0.25, 0.3) is 0 Å². The van der Waals surface area contributed by atoms with Crippen molar-refractivity contribution in [2.24, 2.45) is 5.41 Å². The van der Waals surface area contributed by atoms with Gasteiger partial charge in [0, 0.05) is 13.1 Å². The minimum Gasteiger partial charge on any atom is -0.339 e. The highest BCUT2D eigenvalue weighted by Crippen LogP contribution is 2.52. The number of rotatable bonds is 1. The molecular weight excluding hydrogens is 138 g/mol. The van der Waals surface area contributed by atoms with Crippen LogP contribution in [0.4, 0.5) is 0 Å². The molecule has 1 spiro atoms. The zero-order chi connectivity index (χ0) is 7.90. The van der Waals surface area contributed by atoms with E-state index in [4.69, 9.17) is 0 Å². The fourth-order valence-electron chi connectivity index (χ4n) is 1.84. The van der Waals surface area contributed by atoms with Gasteiger partial charge in [0.2, 0.25) is 5.91 Å². The van der Waals surface area contributed by atoms with E-state index in [0.717, 1.165) is 13.1 Å². The molecule has 1 saturated carbocycles. The maximum absolute atomic E-state index is 11.1. The number of hydrogen-bond donors (Lipinski definition) is 0. The SMILES string of the molecule is C=CC(=O)N1CCC2(CC2)C1. The maximum atomic E-state index is 11.1. The summed E-state index contributed by atoms with van der Waals surface area (Å²) >= 11 is 0. The van der Waals surface area contributed by atoms with Crippen LogP contribution in [0.1, 0.15) is 19.3 Å². The standard InChI is InChI=1S/C9H13NO/c1-2-8(11)10-6-5-9(7-10)3-4-9/h2H,1,3-7H2. The molecule has 0 aromatic heterocycles. The molecule has 2 fully saturated rings. The molecule has 2 aliphatic rings. The first kappa shape index (κ1) is 6.89. The van der Waals surface area contributed by atoms with Crippen LogP contribution in [-0.2, 0) is 4.79 Å². The second-order valence-electron chi connectivity index (χ2n) is 3.71. The van der Waals surface area contributed by atoms with Crippen LogP contribution < -0.4 is 0 Å². The van der Waals surface area contributed by atoms with Crippen molar-refractivity contribution in [3.05, 3.63) is 12.7 Å². The Morgan fingerprint density at radius 1 is 1.45 bits per heavy atom. The maximum Gasteiger partial charge on any atom is 0.245 e. The Morgan fingerprint density at radius 3 is 2.64 bits per heavy atom. The van der Waals surface area contributed by atoms with Gasteiger partial charge in [0.1, 0.15) is 0 Å². The van der Waals surface area contributed by atoms with E-state index < -0.39 is 0 Å². The summed E-state index contributed by atoms with van der Waals surface area (Å²) in [6.45, 7) is 5.42. The lowest BCUT2D eigenvalue weighted by atomic mass is 10.1. The second-order valence-corrected chi connectivity index (χ2v) is 3.71. The molecule has 2 nitrogen and oxygen atoms in total. The summed E-state index contributed by atoms with van der Waals surface area (Å²) in [5, 5.41) is 0. The molecule has 1 heterocycles. The predicted molar refractivity (Wildman–Crippen MR) is 43.1 cm³/mol. The number of amides is 1. The number of carbonyl (C=O) groups is 1. The van der Waals surface area contributed by atoms with E-state index in [1.807, 2.05) is 4.90 Å².